The van der Waals surface area contributed by atoms with Crippen molar-refractivity contribution in [3.8, 4) is 0 Å². The number of nitrogens with one attached hydrogen (secondary N) is 1. The fourth-order valence-electron chi connectivity index (χ4n) is 3.31. The lowest BCUT2D eigenvalue weighted by atomic mass is 9.75. The van der Waals surface area contributed by atoms with Gasteiger partial charge in [-0.05, 0) is 43.6 Å². The highest BCUT2D eigenvalue weighted by molar-refractivity contribution is 6.30. The van der Waals surface area contributed by atoms with Gasteiger partial charge in [-0.25, -0.2) is 4.39 Å². The summed E-state index contributed by atoms with van der Waals surface area (Å²) in [5.41, 5.74) is 1.95. The Morgan fingerprint density at radius 3 is 2.76 bits per heavy atom. The van der Waals surface area contributed by atoms with Gasteiger partial charge in [0, 0.05) is 24.0 Å². The molecule has 3 rings (SSSR count). The fourth-order valence-corrected chi connectivity index (χ4v) is 3.51. The van der Waals surface area contributed by atoms with Gasteiger partial charge in [0.1, 0.15) is 5.82 Å². The number of benzene rings is 1. The van der Waals surface area contributed by atoms with Gasteiger partial charge >= 0.3 is 0 Å². The van der Waals surface area contributed by atoms with E-state index in [-0.39, 0.29) is 11.2 Å². The first-order valence-corrected chi connectivity index (χ1v) is 6.42. The van der Waals surface area contributed by atoms with Crippen LogP contribution in [0.3, 0.4) is 0 Å². The molecule has 2 aliphatic heterocycles. The van der Waals surface area contributed by atoms with E-state index in [0.717, 1.165) is 43.7 Å². The Hall–Kier alpha value is -0.800. The summed E-state index contributed by atoms with van der Waals surface area (Å²) in [7, 11) is 1.96. The van der Waals surface area contributed by atoms with E-state index in [1.54, 1.807) is 0 Å². The number of likely N-dealkylation sites (N-methyl/N-ethyl adjacent to an activating group) is 1. The number of nitrogens with zero attached hydrogens (tertiary/aromatic N) is 1. The average molecular weight is 255 g/mol. The lowest BCUT2D eigenvalue weighted by molar-refractivity contribution is 0.327. The van der Waals surface area contributed by atoms with Crippen LogP contribution < -0.4 is 10.2 Å². The molecular formula is C13H16ClFN2. The molecule has 2 aliphatic rings. The van der Waals surface area contributed by atoms with Gasteiger partial charge in [0.2, 0.25) is 0 Å². The van der Waals surface area contributed by atoms with Crippen LogP contribution in [0, 0.1) is 5.82 Å². The number of anilines is 1. The molecule has 1 saturated heterocycles. The summed E-state index contributed by atoms with van der Waals surface area (Å²) in [4.78, 5) is 2.03. The maximum atomic E-state index is 14.0. The number of rotatable bonds is 0. The molecule has 1 spiro atoms. The van der Waals surface area contributed by atoms with Crippen molar-refractivity contribution < 1.29 is 4.39 Å². The predicted molar refractivity (Wildman–Crippen MR) is 68.5 cm³/mol. The van der Waals surface area contributed by atoms with E-state index in [0.29, 0.717) is 5.02 Å². The molecule has 2 heterocycles. The third kappa shape index (κ3) is 1.64. The molecule has 0 aliphatic carbocycles. The molecule has 0 amide bonds. The number of halogens is 2. The molecule has 0 radical (unpaired) electrons. The van der Waals surface area contributed by atoms with E-state index in [1.165, 1.54) is 6.07 Å². The van der Waals surface area contributed by atoms with E-state index in [1.807, 2.05) is 18.0 Å². The van der Waals surface area contributed by atoms with Crippen LogP contribution in [0.1, 0.15) is 18.4 Å². The molecule has 1 N–H and O–H groups in total. The molecule has 1 aromatic carbocycles. The van der Waals surface area contributed by atoms with E-state index >= 15 is 0 Å². The van der Waals surface area contributed by atoms with Crippen molar-refractivity contribution in [3.05, 3.63) is 28.5 Å². The Morgan fingerprint density at radius 1 is 1.35 bits per heavy atom. The summed E-state index contributed by atoms with van der Waals surface area (Å²) in [6, 6.07) is 3.37. The van der Waals surface area contributed by atoms with Crippen molar-refractivity contribution >= 4 is 17.3 Å². The predicted octanol–water partition coefficient (Wildman–Crippen LogP) is 2.55. The van der Waals surface area contributed by atoms with E-state index in [9.17, 15) is 4.39 Å². The first-order valence-electron chi connectivity index (χ1n) is 6.04. The zero-order valence-electron chi connectivity index (χ0n) is 9.89. The summed E-state index contributed by atoms with van der Waals surface area (Å²) in [6.07, 6.45) is 2.12. The Labute approximate surface area is 106 Å². The van der Waals surface area contributed by atoms with Crippen molar-refractivity contribution in [2.75, 3.05) is 31.6 Å². The summed E-state index contributed by atoms with van der Waals surface area (Å²) >= 11 is 6.00. The Bertz CT molecular complexity index is 455. The van der Waals surface area contributed by atoms with Crippen LogP contribution in [-0.4, -0.2) is 26.7 Å². The van der Waals surface area contributed by atoms with Crippen LogP contribution in [0.5, 0.6) is 0 Å². The topological polar surface area (TPSA) is 15.3 Å². The highest BCUT2D eigenvalue weighted by atomic mass is 35.5. The maximum Gasteiger partial charge on any atom is 0.148 e. The van der Waals surface area contributed by atoms with Crippen LogP contribution >= 0.6 is 11.6 Å². The Balaban J connectivity index is 2.14. The SMILES string of the molecule is CN1CC2(CCNCC2)c2cc(Cl)cc(F)c21. The van der Waals surface area contributed by atoms with Crippen LogP contribution in [0.4, 0.5) is 10.1 Å². The fraction of sp³-hybridized carbons (Fsp3) is 0.538. The minimum absolute atomic E-state index is 0.0983. The summed E-state index contributed by atoms with van der Waals surface area (Å²) < 4.78 is 14.0. The van der Waals surface area contributed by atoms with Gasteiger partial charge in [0.15, 0.2) is 0 Å². The van der Waals surface area contributed by atoms with Crippen LogP contribution in [0.25, 0.3) is 0 Å². The van der Waals surface area contributed by atoms with Gasteiger partial charge in [-0.1, -0.05) is 11.6 Å². The Kier molecular flexibility index (Phi) is 2.56. The monoisotopic (exact) mass is 254 g/mol. The number of hydrogen-bond donors (Lipinski definition) is 1. The second kappa shape index (κ2) is 3.85. The third-order valence-corrected chi connectivity index (χ3v) is 4.30. The molecule has 1 aromatic rings. The van der Waals surface area contributed by atoms with E-state index < -0.39 is 0 Å². The van der Waals surface area contributed by atoms with Gasteiger partial charge in [-0.3, -0.25) is 0 Å². The molecular weight excluding hydrogens is 239 g/mol. The second-order valence-corrected chi connectivity index (χ2v) is 5.61. The molecule has 17 heavy (non-hydrogen) atoms. The normalized spacial score (nSPS) is 21.9. The largest absolute Gasteiger partial charge is 0.371 e. The summed E-state index contributed by atoms with van der Waals surface area (Å²) in [5.74, 6) is -0.189. The number of fused-ring (bicyclic) bond motifs is 2. The highest BCUT2D eigenvalue weighted by Crippen LogP contribution is 2.47. The molecule has 4 heteroatoms. The lowest BCUT2D eigenvalue weighted by Gasteiger charge is -2.34. The molecule has 0 unspecified atom stereocenters. The zero-order valence-corrected chi connectivity index (χ0v) is 10.6. The molecule has 0 aromatic heterocycles. The van der Waals surface area contributed by atoms with Gasteiger partial charge in [0.05, 0.1) is 5.69 Å². The lowest BCUT2D eigenvalue weighted by Crippen LogP contribution is -2.42. The van der Waals surface area contributed by atoms with Crippen LogP contribution in [0.2, 0.25) is 5.02 Å². The molecule has 92 valence electrons. The van der Waals surface area contributed by atoms with Crippen molar-refractivity contribution in [1.82, 2.24) is 5.32 Å². The van der Waals surface area contributed by atoms with Crippen molar-refractivity contribution in [1.29, 1.82) is 0 Å². The Morgan fingerprint density at radius 2 is 2.06 bits per heavy atom. The first kappa shape index (κ1) is 11.3. The molecule has 1 fully saturated rings. The van der Waals surface area contributed by atoms with Crippen molar-refractivity contribution in [2.24, 2.45) is 0 Å². The van der Waals surface area contributed by atoms with E-state index in [2.05, 4.69) is 5.32 Å². The number of piperidine rings is 1. The molecule has 2 nitrogen and oxygen atoms in total. The van der Waals surface area contributed by atoms with Crippen LogP contribution in [0.15, 0.2) is 12.1 Å². The highest BCUT2D eigenvalue weighted by Gasteiger charge is 2.43. The summed E-state index contributed by atoms with van der Waals surface area (Å²) in [5, 5.41) is 3.87. The number of hydrogen-bond acceptors (Lipinski definition) is 2. The smallest absolute Gasteiger partial charge is 0.148 e. The van der Waals surface area contributed by atoms with Crippen molar-refractivity contribution in [3.63, 3.8) is 0 Å². The average Bonchev–Trinajstić information content (AvgIpc) is 2.53. The van der Waals surface area contributed by atoms with E-state index in [4.69, 9.17) is 11.6 Å². The maximum absolute atomic E-state index is 14.0. The minimum Gasteiger partial charge on any atom is -0.371 e. The minimum atomic E-state index is -0.189. The molecule has 0 saturated carbocycles. The zero-order chi connectivity index (χ0) is 12.0. The van der Waals surface area contributed by atoms with Crippen molar-refractivity contribution in [2.45, 2.75) is 18.3 Å². The van der Waals surface area contributed by atoms with Crippen LogP contribution in [-0.2, 0) is 5.41 Å². The molecule has 0 bridgehead atoms. The van der Waals surface area contributed by atoms with Gasteiger partial charge < -0.3 is 10.2 Å². The second-order valence-electron chi connectivity index (χ2n) is 5.17. The first-order chi connectivity index (χ1) is 8.12. The molecule has 0 atom stereocenters. The third-order valence-electron chi connectivity index (χ3n) is 4.08. The quantitative estimate of drug-likeness (QED) is 0.766. The summed E-state index contributed by atoms with van der Waals surface area (Å²) in [6.45, 7) is 2.91. The van der Waals surface area contributed by atoms with Gasteiger partial charge in [-0.2, -0.15) is 0 Å². The standard InChI is InChI=1S/C13H16ClFN2/c1-17-8-13(2-4-16-5-3-13)10-6-9(14)7-11(15)12(10)17/h6-7,16H,2-5,8H2,1H3. The van der Waals surface area contributed by atoms with Gasteiger partial charge in [-0.15, -0.1) is 0 Å². The van der Waals surface area contributed by atoms with Gasteiger partial charge in [0.25, 0.3) is 0 Å².